The maximum Gasteiger partial charge on any atom is 0.107 e. The van der Waals surface area contributed by atoms with E-state index in [1.807, 2.05) is 18.2 Å². The molecule has 0 saturated carbocycles. The van der Waals surface area contributed by atoms with E-state index < -0.39 is 0 Å². The number of aliphatic hydroxyl groups is 2. The largest absolute Gasteiger partial charge is 0.394 e. The highest BCUT2D eigenvalue weighted by Gasteiger charge is 2.27. The zero-order valence-electron chi connectivity index (χ0n) is 15.1. The lowest BCUT2D eigenvalue weighted by atomic mass is 10.1. The van der Waals surface area contributed by atoms with Crippen molar-refractivity contribution < 1.29 is 29.2 Å². The van der Waals surface area contributed by atoms with E-state index in [2.05, 4.69) is 4.98 Å². The molecule has 2 aliphatic rings. The zero-order valence-corrected chi connectivity index (χ0v) is 15.1. The zero-order chi connectivity index (χ0) is 18.2. The molecule has 26 heavy (non-hydrogen) atoms. The van der Waals surface area contributed by atoms with Gasteiger partial charge in [-0.3, -0.25) is 4.98 Å². The summed E-state index contributed by atoms with van der Waals surface area (Å²) in [5.74, 6) is 0. The smallest absolute Gasteiger partial charge is 0.107 e. The second-order valence-corrected chi connectivity index (χ2v) is 6.79. The Hall–Kier alpha value is -1.09. The molecule has 0 amide bonds. The van der Waals surface area contributed by atoms with E-state index in [1.54, 1.807) is 0 Å². The number of aliphatic hydroxyl groups excluding tert-OH is 2. The van der Waals surface area contributed by atoms with Crippen LogP contribution in [0.1, 0.15) is 37.1 Å². The van der Waals surface area contributed by atoms with Gasteiger partial charge >= 0.3 is 0 Å². The molecule has 1 aromatic heterocycles. The Kier molecular flexibility index (Phi) is 7.79. The van der Waals surface area contributed by atoms with Crippen molar-refractivity contribution >= 4 is 0 Å². The predicted molar refractivity (Wildman–Crippen MR) is 93.5 cm³/mol. The Morgan fingerprint density at radius 2 is 1.38 bits per heavy atom. The minimum Gasteiger partial charge on any atom is -0.394 e. The van der Waals surface area contributed by atoms with Crippen LogP contribution >= 0.6 is 0 Å². The number of pyridine rings is 1. The molecule has 0 unspecified atom stereocenters. The SMILES string of the molecule is OC[C@H]1OCCC[C@H]1OCc1cccc(CO[C@@H]2CCCO[C@@H]2CO)n1. The molecule has 0 radical (unpaired) electrons. The lowest BCUT2D eigenvalue weighted by Gasteiger charge is -2.30. The van der Waals surface area contributed by atoms with E-state index in [4.69, 9.17) is 18.9 Å². The Labute approximate surface area is 154 Å². The van der Waals surface area contributed by atoms with Crippen molar-refractivity contribution in [3.63, 3.8) is 0 Å². The predicted octanol–water partition coefficient (Wildman–Crippen LogP) is 1.19. The minimum absolute atomic E-state index is 0.0263. The monoisotopic (exact) mass is 367 g/mol. The van der Waals surface area contributed by atoms with Crippen LogP contribution in [0.4, 0.5) is 0 Å². The molecular weight excluding hydrogens is 338 g/mol. The summed E-state index contributed by atoms with van der Waals surface area (Å²) < 4.78 is 22.9. The number of ether oxygens (including phenoxy) is 4. The van der Waals surface area contributed by atoms with Crippen LogP contribution in [-0.2, 0) is 32.2 Å². The molecule has 7 nitrogen and oxygen atoms in total. The first-order valence-electron chi connectivity index (χ1n) is 9.43. The van der Waals surface area contributed by atoms with Crippen molar-refractivity contribution in [2.45, 2.75) is 63.3 Å². The fourth-order valence-electron chi connectivity index (χ4n) is 3.42. The molecule has 7 heteroatoms. The Bertz CT molecular complexity index is 499. The first-order valence-corrected chi connectivity index (χ1v) is 9.43. The Balaban J connectivity index is 1.49. The first kappa shape index (κ1) is 19.7. The average molecular weight is 367 g/mol. The number of hydrogen-bond acceptors (Lipinski definition) is 7. The van der Waals surface area contributed by atoms with Gasteiger partial charge < -0.3 is 29.2 Å². The highest BCUT2D eigenvalue weighted by molar-refractivity contribution is 5.10. The van der Waals surface area contributed by atoms with Crippen molar-refractivity contribution in [3.8, 4) is 0 Å². The molecule has 3 heterocycles. The second kappa shape index (κ2) is 10.3. The van der Waals surface area contributed by atoms with E-state index in [-0.39, 0.29) is 37.6 Å². The fraction of sp³-hybridized carbons (Fsp3) is 0.737. The molecule has 0 spiro atoms. The van der Waals surface area contributed by atoms with E-state index >= 15 is 0 Å². The van der Waals surface area contributed by atoms with E-state index in [0.29, 0.717) is 26.4 Å². The van der Waals surface area contributed by atoms with Crippen LogP contribution in [0, 0.1) is 0 Å². The van der Waals surface area contributed by atoms with Gasteiger partial charge in [0.05, 0.1) is 50.0 Å². The van der Waals surface area contributed by atoms with E-state index in [9.17, 15) is 10.2 Å². The number of nitrogens with zero attached hydrogens (tertiary/aromatic N) is 1. The summed E-state index contributed by atoms with van der Waals surface area (Å²) in [6, 6.07) is 5.77. The quantitative estimate of drug-likeness (QED) is 0.713. The average Bonchev–Trinajstić information content (AvgIpc) is 2.71. The van der Waals surface area contributed by atoms with Gasteiger partial charge in [-0.2, -0.15) is 0 Å². The maximum atomic E-state index is 9.37. The highest BCUT2D eigenvalue weighted by Crippen LogP contribution is 2.20. The summed E-state index contributed by atoms with van der Waals surface area (Å²) in [4.78, 5) is 4.59. The molecule has 1 aromatic rings. The van der Waals surface area contributed by atoms with Gasteiger partial charge in [-0.05, 0) is 37.8 Å². The van der Waals surface area contributed by atoms with Crippen molar-refractivity contribution in [2.75, 3.05) is 26.4 Å². The third-order valence-corrected chi connectivity index (χ3v) is 4.87. The van der Waals surface area contributed by atoms with Gasteiger partial charge in [-0.1, -0.05) is 6.07 Å². The molecule has 2 fully saturated rings. The number of aromatic nitrogens is 1. The van der Waals surface area contributed by atoms with Crippen LogP contribution < -0.4 is 0 Å². The summed E-state index contributed by atoms with van der Waals surface area (Å²) in [5.41, 5.74) is 1.65. The molecule has 0 aromatic carbocycles. The molecule has 2 saturated heterocycles. The summed E-state index contributed by atoms with van der Waals surface area (Å²) >= 11 is 0. The Morgan fingerprint density at radius 1 is 0.885 bits per heavy atom. The molecule has 4 atom stereocenters. The van der Waals surface area contributed by atoms with Crippen LogP contribution in [-0.4, -0.2) is 66.0 Å². The molecule has 146 valence electrons. The van der Waals surface area contributed by atoms with Crippen molar-refractivity contribution in [1.29, 1.82) is 0 Å². The van der Waals surface area contributed by atoms with Crippen molar-refractivity contribution in [2.24, 2.45) is 0 Å². The van der Waals surface area contributed by atoms with Crippen LogP contribution in [0.3, 0.4) is 0 Å². The van der Waals surface area contributed by atoms with Crippen molar-refractivity contribution in [1.82, 2.24) is 4.98 Å². The van der Waals surface area contributed by atoms with Gasteiger partial charge in [0.1, 0.15) is 12.2 Å². The molecular formula is C19H29NO6. The lowest BCUT2D eigenvalue weighted by Crippen LogP contribution is -2.39. The fourth-order valence-corrected chi connectivity index (χ4v) is 3.42. The third kappa shape index (κ3) is 5.45. The standard InChI is InChI=1S/C19H29NO6/c21-10-18-16(6-2-8-23-18)25-12-14-4-1-5-15(20-14)13-26-17-7-3-9-24-19(17)11-22/h1,4-5,16-19,21-22H,2-3,6-13H2/t16-,17-,18-,19-/m1/s1. The molecule has 2 aliphatic heterocycles. The summed E-state index contributed by atoms with van der Waals surface area (Å²) in [5, 5.41) is 18.7. The van der Waals surface area contributed by atoms with Gasteiger partial charge in [0, 0.05) is 13.2 Å². The topological polar surface area (TPSA) is 90.3 Å². The summed E-state index contributed by atoms with van der Waals surface area (Å²) in [6.45, 7) is 2.06. The molecule has 3 rings (SSSR count). The van der Waals surface area contributed by atoms with E-state index in [0.717, 1.165) is 37.1 Å². The maximum absolute atomic E-state index is 9.37. The van der Waals surface area contributed by atoms with Gasteiger partial charge in [0.25, 0.3) is 0 Å². The Morgan fingerprint density at radius 3 is 1.85 bits per heavy atom. The van der Waals surface area contributed by atoms with Crippen molar-refractivity contribution in [3.05, 3.63) is 29.6 Å². The minimum atomic E-state index is -0.253. The van der Waals surface area contributed by atoms with Gasteiger partial charge in [0.2, 0.25) is 0 Å². The molecule has 0 bridgehead atoms. The first-order chi connectivity index (χ1) is 12.8. The normalized spacial score (nSPS) is 29.6. The second-order valence-electron chi connectivity index (χ2n) is 6.79. The van der Waals surface area contributed by atoms with Gasteiger partial charge in [-0.25, -0.2) is 0 Å². The van der Waals surface area contributed by atoms with Crippen LogP contribution in [0.25, 0.3) is 0 Å². The number of hydrogen-bond donors (Lipinski definition) is 2. The number of rotatable bonds is 8. The van der Waals surface area contributed by atoms with Crippen LogP contribution in [0.5, 0.6) is 0 Å². The van der Waals surface area contributed by atoms with Gasteiger partial charge in [-0.15, -0.1) is 0 Å². The summed E-state index contributed by atoms with van der Waals surface area (Å²) in [7, 11) is 0. The lowest BCUT2D eigenvalue weighted by molar-refractivity contribution is -0.128. The molecule has 0 aliphatic carbocycles. The van der Waals surface area contributed by atoms with Gasteiger partial charge in [0.15, 0.2) is 0 Å². The third-order valence-electron chi connectivity index (χ3n) is 4.87. The molecule has 2 N–H and O–H groups in total. The van der Waals surface area contributed by atoms with Crippen LogP contribution in [0.2, 0.25) is 0 Å². The summed E-state index contributed by atoms with van der Waals surface area (Å²) in [6.07, 6.45) is 2.96. The van der Waals surface area contributed by atoms with Crippen LogP contribution in [0.15, 0.2) is 18.2 Å². The van der Waals surface area contributed by atoms with E-state index in [1.165, 1.54) is 0 Å². The highest BCUT2D eigenvalue weighted by atomic mass is 16.6.